The summed E-state index contributed by atoms with van der Waals surface area (Å²) in [6.45, 7) is 6.97. The summed E-state index contributed by atoms with van der Waals surface area (Å²) >= 11 is 3.40. The van der Waals surface area contributed by atoms with Crippen molar-refractivity contribution in [3.05, 3.63) is 0 Å². The molecule has 0 N–H and O–H groups in total. The van der Waals surface area contributed by atoms with Gasteiger partial charge in [-0.25, -0.2) is 4.79 Å². The number of rotatable bonds is 10. The molecule has 0 unspecified atom stereocenters. The van der Waals surface area contributed by atoms with Gasteiger partial charge in [-0.1, -0.05) is 49.0 Å². The van der Waals surface area contributed by atoms with Gasteiger partial charge in [-0.2, -0.15) is 0 Å². The van der Waals surface area contributed by atoms with Crippen LogP contribution < -0.4 is 0 Å². The van der Waals surface area contributed by atoms with Gasteiger partial charge in [-0.3, -0.25) is 0 Å². The Bertz CT molecular complexity index is 152. The minimum Gasteiger partial charge on any atom is -0.464 e. The number of hydrogen-bond donors (Lipinski definition) is 0. The number of ether oxygens (including phenoxy) is 2. The lowest BCUT2D eigenvalue weighted by Crippen LogP contribution is -2.12. The molecular weight excluding hydrogens is 284 g/mol. The molecule has 0 aromatic rings. The summed E-state index contributed by atoms with van der Waals surface area (Å²) in [7, 11) is 0. The van der Waals surface area contributed by atoms with Crippen LogP contribution in [0.4, 0.5) is 0 Å². The molecule has 0 aromatic heterocycles. The standard InChI is InChI=1S/C11H21BrO3.C2H6/c1-2-15-11(13)10-14-9-7-5-3-4-6-8-12;1-2/h2-10H2,1H3;1-2H3. The Morgan fingerprint density at radius 1 is 1.06 bits per heavy atom. The lowest BCUT2D eigenvalue weighted by atomic mass is 10.2. The fourth-order valence-electron chi connectivity index (χ4n) is 1.19. The van der Waals surface area contributed by atoms with Gasteiger partial charge in [0.25, 0.3) is 0 Å². The predicted octanol–water partition coefficient (Wildman–Crippen LogP) is 3.94. The molecule has 0 amide bonds. The number of alkyl halides is 1. The molecule has 0 saturated carbocycles. The highest BCUT2D eigenvalue weighted by molar-refractivity contribution is 9.09. The first-order valence-corrected chi connectivity index (χ1v) is 7.72. The van der Waals surface area contributed by atoms with Gasteiger partial charge in [0.05, 0.1) is 6.61 Å². The van der Waals surface area contributed by atoms with Gasteiger partial charge in [0.15, 0.2) is 0 Å². The molecular formula is C13H27BrO3. The van der Waals surface area contributed by atoms with Crippen molar-refractivity contribution in [3.63, 3.8) is 0 Å². The van der Waals surface area contributed by atoms with Crippen LogP contribution in [0.15, 0.2) is 0 Å². The van der Waals surface area contributed by atoms with E-state index in [-0.39, 0.29) is 12.6 Å². The third-order valence-corrected chi connectivity index (χ3v) is 2.51. The van der Waals surface area contributed by atoms with E-state index in [1.54, 1.807) is 6.92 Å². The molecule has 0 bridgehead atoms. The van der Waals surface area contributed by atoms with E-state index >= 15 is 0 Å². The molecule has 0 rings (SSSR count). The van der Waals surface area contributed by atoms with Gasteiger partial charge < -0.3 is 9.47 Å². The molecule has 0 aromatic carbocycles. The molecule has 0 fully saturated rings. The van der Waals surface area contributed by atoms with E-state index in [1.165, 1.54) is 25.7 Å². The summed E-state index contributed by atoms with van der Waals surface area (Å²) in [4.78, 5) is 10.9. The summed E-state index contributed by atoms with van der Waals surface area (Å²) in [5.74, 6) is -0.267. The van der Waals surface area contributed by atoms with Crippen LogP contribution in [0.5, 0.6) is 0 Å². The second-order valence-electron chi connectivity index (χ2n) is 3.31. The van der Waals surface area contributed by atoms with Crippen molar-refractivity contribution in [2.75, 3.05) is 25.2 Å². The number of carbonyl (C=O) groups excluding carboxylic acids is 1. The highest BCUT2D eigenvalue weighted by atomic mass is 79.9. The van der Waals surface area contributed by atoms with Crippen molar-refractivity contribution >= 4 is 21.9 Å². The summed E-state index contributed by atoms with van der Waals surface area (Å²) in [6.07, 6.45) is 5.96. The van der Waals surface area contributed by atoms with Crippen molar-refractivity contribution in [3.8, 4) is 0 Å². The zero-order valence-corrected chi connectivity index (χ0v) is 13.1. The first kappa shape index (κ1) is 19.3. The summed E-state index contributed by atoms with van der Waals surface area (Å²) < 4.78 is 9.90. The van der Waals surface area contributed by atoms with Gasteiger partial charge in [0, 0.05) is 11.9 Å². The molecule has 0 atom stereocenters. The third-order valence-electron chi connectivity index (χ3n) is 1.95. The van der Waals surface area contributed by atoms with Crippen LogP contribution in [-0.4, -0.2) is 31.1 Å². The van der Waals surface area contributed by atoms with E-state index in [2.05, 4.69) is 15.9 Å². The Morgan fingerprint density at radius 3 is 2.24 bits per heavy atom. The summed E-state index contributed by atoms with van der Waals surface area (Å²) in [5, 5.41) is 1.09. The fraction of sp³-hybridized carbons (Fsp3) is 0.923. The van der Waals surface area contributed by atoms with Gasteiger partial charge >= 0.3 is 5.97 Å². The van der Waals surface area contributed by atoms with Crippen LogP contribution >= 0.6 is 15.9 Å². The predicted molar refractivity (Wildman–Crippen MR) is 75.7 cm³/mol. The van der Waals surface area contributed by atoms with Crippen molar-refractivity contribution in [2.45, 2.75) is 52.9 Å². The first-order valence-electron chi connectivity index (χ1n) is 6.60. The second-order valence-corrected chi connectivity index (χ2v) is 4.11. The van der Waals surface area contributed by atoms with Crippen molar-refractivity contribution in [2.24, 2.45) is 0 Å². The average molecular weight is 311 g/mol. The van der Waals surface area contributed by atoms with E-state index in [0.29, 0.717) is 13.2 Å². The van der Waals surface area contributed by atoms with E-state index in [4.69, 9.17) is 9.47 Å². The molecule has 0 spiro atoms. The zero-order valence-electron chi connectivity index (χ0n) is 11.5. The maximum absolute atomic E-state index is 10.9. The lowest BCUT2D eigenvalue weighted by molar-refractivity contribution is -0.148. The maximum Gasteiger partial charge on any atom is 0.332 e. The number of carbonyl (C=O) groups is 1. The van der Waals surface area contributed by atoms with Gasteiger partial charge in [0.2, 0.25) is 0 Å². The van der Waals surface area contributed by atoms with Crippen LogP contribution in [-0.2, 0) is 14.3 Å². The van der Waals surface area contributed by atoms with Crippen LogP contribution in [0.1, 0.15) is 52.9 Å². The van der Waals surface area contributed by atoms with Crippen LogP contribution in [0.2, 0.25) is 0 Å². The first-order chi connectivity index (χ1) is 8.31. The second kappa shape index (κ2) is 18.3. The molecule has 0 aliphatic heterocycles. The summed E-state index contributed by atoms with van der Waals surface area (Å²) in [6, 6.07) is 0. The topological polar surface area (TPSA) is 35.5 Å². The quantitative estimate of drug-likeness (QED) is 0.348. The van der Waals surface area contributed by atoms with Gasteiger partial charge in [-0.05, 0) is 19.8 Å². The minimum atomic E-state index is -0.267. The molecule has 0 radical (unpaired) electrons. The Labute approximate surface area is 114 Å². The zero-order chi connectivity index (χ0) is 13.4. The fourth-order valence-corrected chi connectivity index (χ4v) is 1.58. The Morgan fingerprint density at radius 2 is 1.65 bits per heavy atom. The smallest absolute Gasteiger partial charge is 0.332 e. The summed E-state index contributed by atoms with van der Waals surface area (Å²) in [5.41, 5.74) is 0. The van der Waals surface area contributed by atoms with Gasteiger partial charge in [-0.15, -0.1) is 0 Å². The number of halogens is 1. The van der Waals surface area contributed by atoms with Crippen molar-refractivity contribution in [1.29, 1.82) is 0 Å². The number of esters is 1. The molecule has 17 heavy (non-hydrogen) atoms. The highest BCUT2D eigenvalue weighted by Gasteiger charge is 2.00. The van der Waals surface area contributed by atoms with Crippen LogP contribution in [0, 0.1) is 0 Å². The molecule has 0 aliphatic rings. The number of hydrogen-bond acceptors (Lipinski definition) is 3. The molecule has 0 saturated heterocycles. The third kappa shape index (κ3) is 18.5. The molecule has 104 valence electrons. The maximum atomic E-state index is 10.9. The Hall–Kier alpha value is -0.0900. The van der Waals surface area contributed by atoms with E-state index in [9.17, 15) is 4.79 Å². The minimum absolute atomic E-state index is 0.0925. The van der Waals surface area contributed by atoms with Crippen LogP contribution in [0.3, 0.4) is 0 Å². The van der Waals surface area contributed by atoms with Crippen molar-refractivity contribution < 1.29 is 14.3 Å². The van der Waals surface area contributed by atoms with E-state index in [0.717, 1.165) is 11.8 Å². The van der Waals surface area contributed by atoms with Crippen LogP contribution in [0.25, 0.3) is 0 Å². The molecule has 3 nitrogen and oxygen atoms in total. The highest BCUT2D eigenvalue weighted by Crippen LogP contribution is 2.04. The average Bonchev–Trinajstić information content (AvgIpc) is 2.35. The largest absolute Gasteiger partial charge is 0.464 e. The van der Waals surface area contributed by atoms with Gasteiger partial charge in [0.1, 0.15) is 6.61 Å². The van der Waals surface area contributed by atoms with E-state index < -0.39 is 0 Å². The van der Waals surface area contributed by atoms with Crippen molar-refractivity contribution in [1.82, 2.24) is 0 Å². The molecule has 4 heteroatoms. The Kier molecular flexibility index (Phi) is 20.7. The lowest BCUT2D eigenvalue weighted by Gasteiger charge is -2.03. The monoisotopic (exact) mass is 310 g/mol. The normalized spacial score (nSPS) is 9.41. The molecule has 0 heterocycles. The SMILES string of the molecule is CC.CCOC(=O)COCCCCCCCBr. The van der Waals surface area contributed by atoms with E-state index in [1.807, 2.05) is 13.8 Å². The Balaban J connectivity index is 0. The molecule has 0 aliphatic carbocycles. The number of unbranched alkanes of at least 4 members (excludes halogenated alkanes) is 4.